The van der Waals surface area contributed by atoms with Crippen LogP contribution in [0.3, 0.4) is 0 Å². The summed E-state index contributed by atoms with van der Waals surface area (Å²) in [6.07, 6.45) is 7.96. The standard InChI is InChI=1S/C36H44N4O2/c1-3-5-23-40(24-6-4-2)36(42)29-17-20-31-32(25-29)38-35(41)33(31)34(28-13-9-7-10-14-28)37-30-18-15-27(16-19-30)26-39-21-11-8-12-22-39/h7,9-10,13-20,25,38,41H,3-6,8,11-12,21-24,26H2,1-2H3. The Balaban J connectivity index is 1.47. The van der Waals surface area contributed by atoms with Crippen LogP contribution in [0.25, 0.3) is 10.9 Å². The maximum Gasteiger partial charge on any atom is 0.253 e. The molecule has 6 nitrogen and oxygen atoms in total. The van der Waals surface area contributed by atoms with Crippen LogP contribution in [0.2, 0.25) is 0 Å². The average Bonchev–Trinajstić information content (AvgIpc) is 3.36. The third-order valence-electron chi connectivity index (χ3n) is 8.19. The molecule has 0 spiro atoms. The van der Waals surface area contributed by atoms with E-state index in [-0.39, 0.29) is 11.8 Å². The number of hydrogen-bond acceptors (Lipinski definition) is 4. The molecule has 2 heterocycles. The van der Waals surface area contributed by atoms with Crippen LogP contribution < -0.4 is 0 Å². The van der Waals surface area contributed by atoms with E-state index in [4.69, 9.17) is 4.99 Å². The summed E-state index contributed by atoms with van der Waals surface area (Å²) in [5.74, 6) is 0.0868. The summed E-state index contributed by atoms with van der Waals surface area (Å²) in [6.45, 7) is 9.11. The maximum atomic E-state index is 13.5. The Hall–Kier alpha value is -3.90. The molecule has 2 N–H and O–H groups in total. The van der Waals surface area contributed by atoms with Gasteiger partial charge in [-0.25, -0.2) is 4.99 Å². The predicted octanol–water partition coefficient (Wildman–Crippen LogP) is 8.07. The molecule has 0 atom stereocenters. The predicted molar refractivity (Wildman–Crippen MR) is 173 cm³/mol. The molecule has 0 radical (unpaired) electrons. The van der Waals surface area contributed by atoms with Crippen molar-refractivity contribution in [2.45, 2.75) is 65.3 Å². The van der Waals surface area contributed by atoms with Gasteiger partial charge in [0, 0.05) is 41.7 Å². The lowest BCUT2D eigenvalue weighted by Gasteiger charge is -2.26. The smallest absolute Gasteiger partial charge is 0.253 e. The summed E-state index contributed by atoms with van der Waals surface area (Å²) in [5, 5.41) is 12.0. The molecule has 0 saturated carbocycles. The highest BCUT2D eigenvalue weighted by molar-refractivity contribution is 6.22. The van der Waals surface area contributed by atoms with Crippen molar-refractivity contribution in [1.29, 1.82) is 0 Å². The molecular weight excluding hydrogens is 520 g/mol. The summed E-state index contributed by atoms with van der Waals surface area (Å²) in [6, 6.07) is 24.1. The Kier molecular flexibility index (Phi) is 10.1. The number of fused-ring (bicyclic) bond motifs is 1. The number of likely N-dealkylation sites (tertiary alicyclic amines) is 1. The molecule has 1 amide bonds. The second-order valence-electron chi connectivity index (χ2n) is 11.4. The normalized spacial score (nSPS) is 14.4. The molecule has 6 heteroatoms. The second-order valence-corrected chi connectivity index (χ2v) is 11.4. The first-order valence-corrected chi connectivity index (χ1v) is 15.7. The van der Waals surface area contributed by atoms with Crippen LogP contribution in [0, 0.1) is 0 Å². The zero-order chi connectivity index (χ0) is 29.3. The summed E-state index contributed by atoms with van der Waals surface area (Å²) < 4.78 is 0. The van der Waals surface area contributed by atoms with Gasteiger partial charge in [-0.2, -0.15) is 0 Å². The number of unbranched alkanes of at least 4 members (excludes halogenated alkanes) is 2. The minimum atomic E-state index is 0.0380. The van der Waals surface area contributed by atoms with Gasteiger partial charge < -0.3 is 15.0 Å². The summed E-state index contributed by atoms with van der Waals surface area (Å²) in [7, 11) is 0. The third-order valence-corrected chi connectivity index (χ3v) is 8.19. The Morgan fingerprint density at radius 3 is 2.24 bits per heavy atom. The fourth-order valence-corrected chi connectivity index (χ4v) is 5.79. The molecule has 1 saturated heterocycles. The molecule has 42 heavy (non-hydrogen) atoms. The minimum Gasteiger partial charge on any atom is -0.494 e. The van der Waals surface area contributed by atoms with E-state index in [9.17, 15) is 9.90 Å². The van der Waals surface area contributed by atoms with E-state index in [2.05, 4.69) is 48.0 Å². The SMILES string of the molecule is CCCCN(CCCC)C(=O)c1ccc2c(C(=Nc3ccc(CN4CCCCC4)cc3)c3ccccc3)c(O)[nH]c2c1. The summed E-state index contributed by atoms with van der Waals surface area (Å²) >= 11 is 0. The Labute approximate surface area is 250 Å². The number of H-pyrrole nitrogens is 1. The molecule has 3 aromatic carbocycles. The van der Waals surface area contributed by atoms with E-state index < -0.39 is 0 Å². The number of nitrogens with one attached hydrogen (secondary N) is 1. The van der Waals surface area contributed by atoms with Gasteiger partial charge in [-0.15, -0.1) is 0 Å². The second kappa shape index (κ2) is 14.3. The van der Waals surface area contributed by atoms with Gasteiger partial charge in [0.15, 0.2) is 5.88 Å². The van der Waals surface area contributed by atoms with Crippen molar-refractivity contribution in [2.24, 2.45) is 4.99 Å². The molecule has 0 aliphatic carbocycles. The first kappa shape index (κ1) is 29.6. The Bertz CT molecular complexity index is 1480. The van der Waals surface area contributed by atoms with Gasteiger partial charge in [-0.05, 0) is 68.6 Å². The van der Waals surface area contributed by atoms with Gasteiger partial charge in [0.2, 0.25) is 0 Å². The van der Waals surface area contributed by atoms with Crippen molar-refractivity contribution in [3.05, 3.63) is 95.1 Å². The molecule has 1 aliphatic rings. The number of aromatic hydroxyl groups is 1. The van der Waals surface area contributed by atoms with Gasteiger partial charge >= 0.3 is 0 Å². The molecule has 1 fully saturated rings. The van der Waals surface area contributed by atoms with Crippen molar-refractivity contribution >= 4 is 28.2 Å². The number of benzene rings is 3. The number of hydrogen-bond donors (Lipinski definition) is 2. The highest BCUT2D eigenvalue weighted by Crippen LogP contribution is 2.32. The van der Waals surface area contributed by atoms with Crippen LogP contribution in [0.1, 0.15) is 85.8 Å². The number of nitrogens with zero attached hydrogens (tertiary/aromatic N) is 3. The van der Waals surface area contributed by atoms with E-state index in [1.54, 1.807) is 0 Å². The largest absolute Gasteiger partial charge is 0.494 e. The van der Waals surface area contributed by atoms with Gasteiger partial charge in [0.25, 0.3) is 5.91 Å². The lowest BCUT2D eigenvalue weighted by atomic mass is 10.00. The van der Waals surface area contributed by atoms with Gasteiger partial charge in [0.1, 0.15) is 0 Å². The van der Waals surface area contributed by atoms with E-state index >= 15 is 0 Å². The van der Waals surface area contributed by atoms with Crippen LogP contribution in [-0.2, 0) is 6.54 Å². The van der Waals surface area contributed by atoms with E-state index in [0.717, 1.165) is 67.5 Å². The van der Waals surface area contributed by atoms with Crippen molar-refractivity contribution in [1.82, 2.24) is 14.8 Å². The number of aromatic amines is 1. The molecular formula is C36H44N4O2. The molecule has 0 unspecified atom stereocenters. The van der Waals surface area contributed by atoms with Crippen LogP contribution in [-0.4, -0.2) is 57.7 Å². The van der Waals surface area contributed by atoms with Gasteiger partial charge in [-0.3, -0.25) is 9.69 Å². The fraction of sp³-hybridized carbons (Fsp3) is 0.389. The number of piperidine rings is 1. The highest BCUT2D eigenvalue weighted by atomic mass is 16.3. The molecule has 1 aromatic heterocycles. The highest BCUT2D eigenvalue weighted by Gasteiger charge is 2.21. The van der Waals surface area contributed by atoms with Crippen molar-refractivity contribution < 1.29 is 9.90 Å². The maximum absolute atomic E-state index is 13.5. The topological polar surface area (TPSA) is 71.9 Å². The van der Waals surface area contributed by atoms with Crippen LogP contribution in [0.4, 0.5) is 5.69 Å². The molecule has 0 bridgehead atoms. The zero-order valence-corrected chi connectivity index (χ0v) is 25.1. The van der Waals surface area contributed by atoms with E-state index in [1.807, 2.05) is 53.4 Å². The number of rotatable bonds is 12. The summed E-state index contributed by atoms with van der Waals surface area (Å²) in [5.41, 5.74) is 5.72. The zero-order valence-electron chi connectivity index (χ0n) is 25.1. The van der Waals surface area contributed by atoms with Crippen LogP contribution in [0.15, 0.2) is 77.8 Å². The van der Waals surface area contributed by atoms with Gasteiger partial charge in [-0.1, -0.05) is 81.6 Å². The average molecular weight is 565 g/mol. The lowest BCUT2D eigenvalue weighted by Crippen LogP contribution is -2.32. The first-order chi connectivity index (χ1) is 20.6. The van der Waals surface area contributed by atoms with Crippen LogP contribution in [0.5, 0.6) is 5.88 Å². The number of carbonyl (C=O) groups is 1. The van der Waals surface area contributed by atoms with E-state index in [0.29, 0.717) is 16.8 Å². The lowest BCUT2D eigenvalue weighted by molar-refractivity contribution is 0.0751. The molecule has 220 valence electrons. The quantitative estimate of drug-likeness (QED) is 0.171. The molecule has 1 aliphatic heterocycles. The monoisotopic (exact) mass is 564 g/mol. The molecule has 5 rings (SSSR count). The number of amides is 1. The van der Waals surface area contributed by atoms with Crippen molar-refractivity contribution in [2.75, 3.05) is 26.2 Å². The first-order valence-electron chi connectivity index (χ1n) is 15.7. The third kappa shape index (κ3) is 7.11. The number of aliphatic imine (C=N–C) groups is 1. The van der Waals surface area contributed by atoms with Crippen LogP contribution >= 0.6 is 0 Å². The number of carbonyl (C=O) groups excluding carboxylic acids is 1. The fourth-order valence-electron chi connectivity index (χ4n) is 5.79. The van der Waals surface area contributed by atoms with Gasteiger partial charge in [0.05, 0.1) is 17.0 Å². The summed E-state index contributed by atoms with van der Waals surface area (Å²) in [4.78, 5) is 26.2. The number of aromatic nitrogens is 1. The van der Waals surface area contributed by atoms with Crippen molar-refractivity contribution in [3.8, 4) is 5.88 Å². The Morgan fingerprint density at radius 2 is 1.57 bits per heavy atom. The van der Waals surface area contributed by atoms with E-state index in [1.165, 1.54) is 37.9 Å². The van der Waals surface area contributed by atoms with Crippen molar-refractivity contribution in [3.63, 3.8) is 0 Å². The molecule has 4 aromatic rings. The minimum absolute atomic E-state index is 0.0380. The Morgan fingerprint density at radius 1 is 0.881 bits per heavy atom.